The number of fused-ring (bicyclic) bond motifs is 1. The topological polar surface area (TPSA) is 64.0 Å². The highest BCUT2D eigenvalue weighted by Crippen LogP contribution is 2.29. The minimum atomic E-state index is -4.43. The lowest BCUT2D eigenvalue weighted by molar-refractivity contribution is -0.137. The average molecular weight is 393 g/mol. The van der Waals surface area contributed by atoms with Gasteiger partial charge in [0.05, 0.1) is 22.2 Å². The van der Waals surface area contributed by atoms with Crippen molar-refractivity contribution in [3.63, 3.8) is 0 Å². The number of thioether (sulfide) groups is 1. The van der Waals surface area contributed by atoms with Crippen molar-refractivity contribution < 1.29 is 18.0 Å². The Kier molecular flexibility index (Phi) is 5.22. The molecule has 5 nitrogen and oxygen atoms in total. The highest BCUT2D eigenvalue weighted by molar-refractivity contribution is 7.99. The molecule has 0 bridgehead atoms. The first-order valence-corrected chi connectivity index (χ1v) is 8.80. The maximum atomic E-state index is 12.5. The SMILES string of the molecule is Cn1c(SCC(=O)Nc2ccc(C(F)(F)F)cc2)nc2ccccc2c1=O. The molecular formula is C18H14F3N3O2S. The number of hydrogen-bond acceptors (Lipinski definition) is 4. The van der Waals surface area contributed by atoms with E-state index in [1.807, 2.05) is 0 Å². The number of benzene rings is 2. The van der Waals surface area contributed by atoms with E-state index in [0.29, 0.717) is 16.1 Å². The Morgan fingerprint density at radius 3 is 2.48 bits per heavy atom. The molecule has 140 valence electrons. The number of nitrogens with zero attached hydrogens (tertiary/aromatic N) is 2. The van der Waals surface area contributed by atoms with Gasteiger partial charge in [-0.15, -0.1) is 0 Å². The number of halogens is 3. The molecule has 0 unspecified atom stereocenters. The summed E-state index contributed by atoms with van der Waals surface area (Å²) >= 11 is 1.07. The molecule has 1 amide bonds. The fourth-order valence-corrected chi connectivity index (χ4v) is 3.17. The second-order valence-electron chi connectivity index (χ2n) is 5.69. The van der Waals surface area contributed by atoms with Crippen LogP contribution in [0.25, 0.3) is 10.9 Å². The van der Waals surface area contributed by atoms with Crippen LogP contribution in [0.2, 0.25) is 0 Å². The van der Waals surface area contributed by atoms with E-state index in [-0.39, 0.29) is 17.0 Å². The molecule has 0 radical (unpaired) electrons. The van der Waals surface area contributed by atoms with Crippen LogP contribution < -0.4 is 10.9 Å². The minimum absolute atomic E-state index is 0.0420. The molecule has 0 aliphatic heterocycles. The van der Waals surface area contributed by atoms with Gasteiger partial charge in [-0.1, -0.05) is 23.9 Å². The molecule has 3 rings (SSSR count). The van der Waals surface area contributed by atoms with Gasteiger partial charge in [0.2, 0.25) is 5.91 Å². The third kappa shape index (κ3) is 4.30. The molecule has 0 saturated carbocycles. The maximum Gasteiger partial charge on any atom is 0.416 e. The Hall–Kier alpha value is -2.81. The van der Waals surface area contributed by atoms with Crippen molar-refractivity contribution in [1.29, 1.82) is 0 Å². The van der Waals surface area contributed by atoms with Gasteiger partial charge in [0.15, 0.2) is 5.16 Å². The number of carbonyl (C=O) groups excluding carboxylic acids is 1. The van der Waals surface area contributed by atoms with Gasteiger partial charge in [-0.25, -0.2) is 4.98 Å². The fourth-order valence-electron chi connectivity index (χ4n) is 2.40. The predicted molar refractivity (Wildman–Crippen MR) is 97.8 cm³/mol. The summed E-state index contributed by atoms with van der Waals surface area (Å²) in [6.45, 7) is 0. The Labute approximate surface area is 156 Å². The summed E-state index contributed by atoms with van der Waals surface area (Å²) in [7, 11) is 1.57. The summed E-state index contributed by atoms with van der Waals surface area (Å²) in [5, 5.41) is 3.38. The van der Waals surface area contributed by atoms with Gasteiger partial charge in [-0.2, -0.15) is 13.2 Å². The van der Waals surface area contributed by atoms with Crippen LogP contribution in [0, 0.1) is 0 Å². The third-order valence-electron chi connectivity index (χ3n) is 3.77. The summed E-state index contributed by atoms with van der Waals surface area (Å²) in [5.41, 5.74) is -0.211. The molecule has 1 heterocycles. The average Bonchev–Trinajstić information content (AvgIpc) is 2.63. The van der Waals surface area contributed by atoms with Crippen LogP contribution in [0.3, 0.4) is 0 Å². The normalized spacial score (nSPS) is 11.6. The van der Waals surface area contributed by atoms with Crippen LogP contribution in [-0.4, -0.2) is 21.2 Å². The molecule has 9 heteroatoms. The number of aromatic nitrogens is 2. The van der Waals surface area contributed by atoms with Gasteiger partial charge in [0, 0.05) is 12.7 Å². The Bertz CT molecular complexity index is 1050. The van der Waals surface area contributed by atoms with E-state index in [4.69, 9.17) is 0 Å². The molecule has 1 N–H and O–H groups in total. The molecule has 0 fully saturated rings. The number of anilines is 1. The molecule has 0 spiro atoms. The number of rotatable bonds is 4. The molecule has 0 saturated heterocycles. The first-order valence-electron chi connectivity index (χ1n) is 7.81. The maximum absolute atomic E-state index is 12.5. The second kappa shape index (κ2) is 7.43. The summed E-state index contributed by atoms with van der Waals surface area (Å²) in [6, 6.07) is 11.1. The van der Waals surface area contributed by atoms with E-state index in [0.717, 1.165) is 23.9 Å². The van der Waals surface area contributed by atoms with Crippen LogP contribution in [0.15, 0.2) is 58.5 Å². The molecular weight excluding hydrogens is 379 g/mol. The summed E-state index contributed by atoms with van der Waals surface area (Å²) in [4.78, 5) is 28.7. The zero-order valence-electron chi connectivity index (χ0n) is 14.1. The number of nitrogens with one attached hydrogen (secondary N) is 1. The number of carbonyl (C=O) groups is 1. The minimum Gasteiger partial charge on any atom is -0.325 e. The zero-order chi connectivity index (χ0) is 19.6. The van der Waals surface area contributed by atoms with Crippen molar-refractivity contribution in [1.82, 2.24) is 9.55 Å². The van der Waals surface area contributed by atoms with E-state index in [9.17, 15) is 22.8 Å². The quantitative estimate of drug-likeness (QED) is 0.543. The fraction of sp³-hybridized carbons (Fsp3) is 0.167. The summed E-state index contributed by atoms with van der Waals surface area (Å²) in [6.07, 6.45) is -4.43. The van der Waals surface area contributed by atoms with Crippen LogP contribution in [0.5, 0.6) is 0 Å². The van der Waals surface area contributed by atoms with Crippen LogP contribution in [0.4, 0.5) is 18.9 Å². The molecule has 0 aliphatic rings. The first kappa shape index (κ1) is 19.0. The van der Waals surface area contributed by atoms with Crippen molar-refractivity contribution in [3.8, 4) is 0 Å². The van der Waals surface area contributed by atoms with E-state index in [2.05, 4.69) is 10.3 Å². The van der Waals surface area contributed by atoms with E-state index in [1.165, 1.54) is 16.7 Å². The van der Waals surface area contributed by atoms with Gasteiger partial charge in [-0.05, 0) is 36.4 Å². The van der Waals surface area contributed by atoms with Gasteiger partial charge in [0.1, 0.15) is 0 Å². The van der Waals surface area contributed by atoms with Gasteiger partial charge < -0.3 is 5.32 Å². The highest BCUT2D eigenvalue weighted by Gasteiger charge is 2.29. The predicted octanol–water partition coefficient (Wildman–Crippen LogP) is 3.68. The monoisotopic (exact) mass is 393 g/mol. The largest absolute Gasteiger partial charge is 0.416 e. The van der Waals surface area contributed by atoms with E-state index < -0.39 is 17.6 Å². The van der Waals surface area contributed by atoms with Crippen LogP contribution >= 0.6 is 11.8 Å². The van der Waals surface area contributed by atoms with Crippen LogP contribution in [0.1, 0.15) is 5.56 Å². The second-order valence-corrected chi connectivity index (χ2v) is 6.63. The van der Waals surface area contributed by atoms with Crippen molar-refractivity contribution in [2.45, 2.75) is 11.3 Å². The molecule has 2 aromatic carbocycles. The lowest BCUT2D eigenvalue weighted by Gasteiger charge is -2.10. The smallest absolute Gasteiger partial charge is 0.325 e. The Balaban J connectivity index is 1.68. The third-order valence-corrected chi connectivity index (χ3v) is 4.80. The molecule has 27 heavy (non-hydrogen) atoms. The Morgan fingerprint density at radius 2 is 1.81 bits per heavy atom. The zero-order valence-corrected chi connectivity index (χ0v) is 14.9. The standard InChI is InChI=1S/C18H14F3N3O2S/c1-24-16(26)13-4-2-3-5-14(13)23-17(24)27-10-15(25)22-12-8-6-11(7-9-12)18(19,20)21/h2-9H,10H2,1H3,(H,22,25). The number of para-hydroxylation sites is 1. The summed E-state index contributed by atoms with van der Waals surface area (Å²) < 4.78 is 39.0. The van der Waals surface area contributed by atoms with Gasteiger partial charge in [-0.3, -0.25) is 14.2 Å². The molecule has 3 aromatic rings. The van der Waals surface area contributed by atoms with E-state index >= 15 is 0 Å². The molecule has 0 atom stereocenters. The highest BCUT2D eigenvalue weighted by atomic mass is 32.2. The lowest BCUT2D eigenvalue weighted by Crippen LogP contribution is -2.21. The van der Waals surface area contributed by atoms with Crippen molar-refractivity contribution in [2.75, 3.05) is 11.1 Å². The van der Waals surface area contributed by atoms with Crippen molar-refractivity contribution in [2.24, 2.45) is 7.05 Å². The number of alkyl halides is 3. The van der Waals surface area contributed by atoms with Crippen LogP contribution in [-0.2, 0) is 18.0 Å². The number of hydrogen-bond donors (Lipinski definition) is 1. The lowest BCUT2D eigenvalue weighted by atomic mass is 10.2. The van der Waals surface area contributed by atoms with Gasteiger partial charge in [0.25, 0.3) is 5.56 Å². The molecule has 0 aliphatic carbocycles. The van der Waals surface area contributed by atoms with E-state index in [1.54, 1.807) is 31.3 Å². The van der Waals surface area contributed by atoms with Gasteiger partial charge >= 0.3 is 6.18 Å². The molecule has 1 aromatic heterocycles. The number of amides is 1. The first-order chi connectivity index (χ1) is 12.8. The Morgan fingerprint density at radius 1 is 1.15 bits per heavy atom. The van der Waals surface area contributed by atoms with Crippen molar-refractivity contribution in [3.05, 3.63) is 64.4 Å². The summed E-state index contributed by atoms with van der Waals surface area (Å²) in [5.74, 6) is -0.457. The van der Waals surface area contributed by atoms with Crippen molar-refractivity contribution >= 4 is 34.3 Å².